The molecule has 0 radical (unpaired) electrons. The van der Waals surface area contributed by atoms with E-state index in [4.69, 9.17) is 5.73 Å². The Bertz CT molecular complexity index is 408. The minimum absolute atomic E-state index is 0.104. The van der Waals surface area contributed by atoms with Gasteiger partial charge >= 0.3 is 0 Å². The van der Waals surface area contributed by atoms with Crippen LogP contribution in [0.15, 0.2) is 6.20 Å². The highest BCUT2D eigenvalue weighted by molar-refractivity contribution is 5.24. The highest BCUT2D eigenvalue weighted by atomic mass is 15.3. The van der Waals surface area contributed by atoms with Gasteiger partial charge in [0.15, 0.2) is 0 Å². The number of nitrogens with zero attached hydrogens (tertiary/aromatic N) is 2. The third-order valence-electron chi connectivity index (χ3n) is 3.97. The van der Waals surface area contributed by atoms with Crippen LogP contribution < -0.4 is 11.1 Å². The number of nitrogens with one attached hydrogen (secondary N) is 1. The maximum atomic E-state index is 5.95. The highest BCUT2D eigenvalue weighted by Gasteiger charge is 2.23. The monoisotopic (exact) mass is 264 g/mol. The second kappa shape index (κ2) is 5.63. The van der Waals surface area contributed by atoms with Gasteiger partial charge < -0.3 is 11.1 Å². The maximum Gasteiger partial charge on any atom is 0.0722 e. The lowest BCUT2D eigenvalue weighted by molar-refractivity contribution is 0.341. The second-order valence-corrected chi connectivity index (χ2v) is 6.92. The minimum Gasteiger partial charge on any atom is -0.328 e. The standard InChI is InChI=1S/C15H28N4/c1-15(2,3)14-11(10-19(4)18-14)9-17-13-7-5-12(16)6-8-13/h10,12-13,17H,5-9,16H2,1-4H3. The summed E-state index contributed by atoms with van der Waals surface area (Å²) in [5.41, 5.74) is 8.58. The Morgan fingerprint density at radius 2 is 1.95 bits per heavy atom. The Balaban J connectivity index is 1.96. The van der Waals surface area contributed by atoms with Crippen LogP contribution in [0.1, 0.15) is 57.7 Å². The van der Waals surface area contributed by atoms with Gasteiger partial charge in [-0.3, -0.25) is 4.68 Å². The van der Waals surface area contributed by atoms with E-state index in [1.807, 2.05) is 11.7 Å². The topological polar surface area (TPSA) is 55.9 Å². The molecule has 1 fully saturated rings. The van der Waals surface area contributed by atoms with E-state index in [0.717, 1.165) is 19.4 Å². The van der Waals surface area contributed by atoms with Crippen molar-refractivity contribution in [2.75, 3.05) is 0 Å². The number of hydrogen-bond donors (Lipinski definition) is 2. The summed E-state index contributed by atoms with van der Waals surface area (Å²) < 4.78 is 1.92. The van der Waals surface area contributed by atoms with E-state index < -0.39 is 0 Å². The molecule has 4 nitrogen and oxygen atoms in total. The van der Waals surface area contributed by atoms with Gasteiger partial charge in [0.05, 0.1) is 5.69 Å². The fourth-order valence-corrected chi connectivity index (χ4v) is 2.88. The first kappa shape index (κ1) is 14.5. The molecule has 2 rings (SSSR count). The molecule has 0 amide bonds. The molecule has 4 heteroatoms. The van der Waals surface area contributed by atoms with Crippen LogP contribution in [0.3, 0.4) is 0 Å². The van der Waals surface area contributed by atoms with Crippen molar-refractivity contribution in [3.05, 3.63) is 17.5 Å². The molecule has 0 aromatic carbocycles. The fourth-order valence-electron chi connectivity index (χ4n) is 2.88. The van der Waals surface area contributed by atoms with Crippen molar-refractivity contribution in [3.8, 4) is 0 Å². The van der Waals surface area contributed by atoms with E-state index in [0.29, 0.717) is 12.1 Å². The van der Waals surface area contributed by atoms with Gasteiger partial charge in [-0.2, -0.15) is 5.10 Å². The predicted octanol–water partition coefficient (Wildman–Crippen LogP) is 2.08. The van der Waals surface area contributed by atoms with Gasteiger partial charge in [-0.1, -0.05) is 20.8 Å². The average molecular weight is 264 g/mol. The summed E-state index contributed by atoms with van der Waals surface area (Å²) in [6.07, 6.45) is 6.84. The summed E-state index contributed by atoms with van der Waals surface area (Å²) in [5, 5.41) is 8.29. The molecule has 0 unspecified atom stereocenters. The fraction of sp³-hybridized carbons (Fsp3) is 0.800. The predicted molar refractivity (Wildman–Crippen MR) is 79.0 cm³/mol. The molecule has 0 spiro atoms. The summed E-state index contributed by atoms with van der Waals surface area (Å²) in [4.78, 5) is 0. The number of rotatable bonds is 3. The molecule has 19 heavy (non-hydrogen) atoms. The number of hydrogen-bond acceptors (Lipinski definition) is 3. The quantitative estimate of drug-likeness (QED) is 0.879. The molecular formula is C15H28N4. The van der Waals surface area contributed by atoms with Crippen molar-refractivity contribution in [1.29, 1.82) is 0 Å². The normalized spacial score (nSPS) is 24.7. The molecule has 1 aliphatic rings. The molecule has 3 N–H and O–H groups in total. The molecular weight excluding hydrogens is 236 g/mol. The molecule has 1 aromatic rings. The van der Waals surface area contributed by atoms with Crippen LogP contribution in [0.2, 0.25) is 0 Å². The first-order valence-corrected chi connectivity index (χ1v) is 7.38. The lowest BCUT2D eigenvalue weighted by Gasteiger charge is -2.27. The van der Waals surface area contributed by atoms with Crippen LogP contribution >= 0.6 is 0 Å². The van der Waals surface area contributed by atoms with Crippen LogP contribution in [0.25, 0.3) is 0 Å². The number of aromatic nitrogens is 2. The second-order valence-electron chi connectivity index (χ2n) is 6.92. The van der Waals surface area contributed by atoms with E-state index in [1.54, 1.807) is 0 Å². The van der Waals surface area contributed by atoms with Gasteiger partial charge in [-0.05, 0) is 25.7 Å². The van der Waals surface area contributed by atoms with Crippen LogP contribution in [0.4, 0.5) is 0 Å². The molecule has 1 heterocycles. The van der Waals surface area contributed by atoms with Crippen LogP contribution in [0, 0.1) is 0 Å². The maximum absolute atomic E-state index is 5.95. The SMILES string of the molecule is Cn1cc(CNC2CCC(N)CC2)c(C(C)(C)C)n1. The number of nitrogens with two attached hydrogens (primary N) is 1. The summed E-state index contributed by atoms with van der Waals surface area (Å²) >= 11 is 0. The van der Waals surface area contributed by atoms with Crippen molar-refractivity contribution in [2.24, 2.45) is 12.8 Å². The van der Waals surface area contributed by atoms with Crippen molar-refractivity contribution >= 4 is 0 Å². The molecule has 0 saturated heterocycles. The van der Waals surface area contributed by atoms with Crippen molar-refractivity contribution in [2.45, 2.75) is 70.5 Å². The summed E-state index contributed by atoms with van der Waals surface area (Å²) in [6, 6.07) is 1.04. The zero-order valence-corrected chi connectivity index (χ0v) is 12.7. The molecule has 0 atom stereocenters. The Morgan fingerprint density at radius 1 is 1.32 bits per heavy atom. The van der Waals surface area contributed by atoms with Crippen molar-refractivity contribution < 1.29 is 0 Å². The Labute approximate surface area is 116 Å². The van der Waals surface area contributed by atoms with Gasteiger partial charge in [0.1, 0.15) is 0 Å². The zero-order valence-electron chi connectivity index (χ0n) is 12.7. The molecule has 0 aliphatic heterocycles. The molecule has 108 valence electrons. The summed E-state index contributed by atoms with van der Waals surface area (Å²) in [7, 11) is 2.00. The number of aryl methyl sites for hydroxylation is 1. The third kappa shape index (κ3) is 3.80. The summed E-state index contributed by atoms with van der Waals surface area (Å²) in [5.74, 6) is 0. The van der Waals surface area contributed by atoms with Crippen LogP contribution in [0.5, 0.6) is 0 Å². The lowest BCUT2D eigenvalue weighted by atomic mass is 9.89. The molecule has 1 aliphatic carbocycles. The molecule has 0 bridgehead atoms. The van der Waals surface area contributed by atoms with Crippen molar-refractivity contribution in [1.82, 2.24) is 15.1 Å². The molecule has 1 saturated carbocycles. The Hall–Kier alpha value is -0.870. The van der Waals surface area contributed by atoms with Crippen molar-refractivity contribution in [3.63, 3.8) is 0 Å². The Kier molecular flexibility index (Phi) is 4.31. The van der Waals surface area contributed by atoms with Crippen LogP contribution in [-0.4, -0.2) is 21.9 Å². The van der Waals surface area contributed by atoms with E-state index in [-0.39, 0.29) is 5.41 Å². The third-order valence-corrected chi connectivity index (χ3v) is 3.97. The first-order valence-electron chi connectivity index (χ1n) is 7.38. The minimum atomic E-state index is 0.104. The smallest absolute Gasteiger partial charge is 0.0722 e. The van der Waals surface area contributed by atoms with Gasteiger partial charge in [0, 0.05) is 42.9 Å². The van der Waals surface area contributed by atoms with E-state index in [9.17, 15) is 0 Å². The van der Waals surface area contributed by atoms with Crippen LogP contribution in [-0.2, 0) is 19.0 Å². The Morgan fingerprint density at radius 3 is 2.53 bits per heavy atom. The van der Waals surface area contributed by atoms with E-state index in [2.05, 4.69) is 37.4 Å². The van der Waals surface area contributed by atoms with Gasteiger partial charge in [-0.15, -0.1) is 0 Å². The molecule has 1 aromatic heterocycles. The highest BCUT2D eigenvalue weighted by Crippen LogP contribution is 2.24. The lowest BCUT2D eigenvalue weighted by Crippen LogP contribution is -2.37. The van der Waals surface area contributed by atoms with Gasteiger partial charge in [0.25, 0.3) is 0 Å². The zero-order chi connectivity index (χ0) is 14.0. The first-order chi connectivity index (χ1) is 8.86. The van der Waals surface area contributed by atoms with E-state index in [1.165, 1.54) is 24.1 Å². The summed E-state index contributed by atoms with van der Waals surface area (Å²) in [6.45, 7) is 7.58. The average Bonchev–Trinajstić information content (AvgIpc) is 2.70. The van der Waals surface area contributed by atoms with E-state index >= 15 is 0 Å². The largest absolute Gasteiger partial charge is 0.328 e. The van der Waals surface area contributed by atoms with Gasteiger partial charge in [-0.25, -0.2) is 0 Å². The van der Waals surface area contributed by atoms with Gasteiger partial charge in [0.2, 0.25) is 0 Å².